The van der Waals surface area contributed by atoms with Crippen molar-refractivity contribution in [3.63, 3.8) is 0 Å². The summed E-state index contributed by atoms with van der Waals surface area (Å²) in [6.07, 6.45) is 0.0191. The van der Waals surface area contributed by atoms with E-state index in [1.165, 1.54) is 0 Å². The molecule has 1 fully saturated rings. The van der Waals surface area contributed by atoms with Gasteiger partial charge in [-0.2, -0.15) is 0 Å². The molecule has 1 rings (SSSR count). The Hall–Kier alpha value is -0.200. The van der Waals surface area contributed by atoms with Crippen LogP contribution in [0.2, 0.25) is 0 Å². The van der Waals surface area contributed by atoms with Gasteiger partial charge < -0.3 is 24.1 Å². The summed E-state index contributed by atoms with van der Waals surface area (Å²) < 4.78 is 21.7. The van der Waals surface area contributed by atoms with Gasteiger partial charge in [0.05, 0.1) is 12.7 Å². The number of aliphatic hydroxyl groups excluding tert-OH is 1. The summed E-state index contributed by atoms with van der Waals surface area (Å²) >= 11 is 0. The van der Waals surface area contributed by atoms with E-state index in [-0.39, 0.29) is 24.4 Å². The quantitative estimate of drug-likeness (QED) is 0.745. The van der Waals surface area contributed by atoms with Crippen molar-refractivity contribution in [2.24, 2.45) is 0 Å². The summed E-state index contributed by atoms with van der Waals surface area (Å²) in [7, 11) is 4.80. The van der Waals surface area contributed by atoms with E-state index in [2.05, 4.69) is 6.92 Å². The molecule has 1 N–H and O–H groups in total. The molecule has 0 aromatic carbocycles. The summed E-state index contributed by atoms with van der Waals surface area (Å²) in [5.74, 6) is 0. The molecule has 0 amide bonds. The van der Waals surface area contributed by atoms with Crippen LogP contribution in [0.25, 0.3) is 0 Å². The third-order valence-corrected chi connectivity index (χ3v) is 3.21. The molecule has 0 bridgehead atoms. The summed E-state index contributed by atoms with van der Waals surface area (Å²) in [6.45, 7) is 2.50. The Morgan fingerprint density at radius 2 is 1.71 bits per heavy atom. The molecule has 0 radical (unpaired) electrons. The van der Waals surface area contributed by atoms with Crippen LogP contribution in [0.5, 0.6) is 0 Å². The molecule has 0 aliphatic carbocycles. The van der Waals surface area contributed by atoms with Gasteiger partial charge in [-0.05, 0) is 6.42 Å². The van der Waals surface area contributed by atoms with Crippen molar-refractivity contribution in [3.05, 3.63) is 0 Å². The third-order valence-electron chi connectivity index (χ3n) is 3.21. The summed E-state index contributed by atoms with van der Waals surface area (Å²) in [4.78, 5) is 0. The fourth-order valence-electron chi connectivity index (χ4n) is 2.38. The number of hydrogen-bond donors (Lipinski definition) is 1. The molecular formula is C12H24O5. The van der Waals surface area contributed by atoms with Crippen LogP contribution in [0.15, 0.2) is 0 Å². The minimum Gasteiger partial charge on any atom is -0.388 e. The van der Waals surface area contributed by atoms with Gasteiger partial charge in [-0.3, -0.25) is 0 Å². The molecule has 1 heterocycles. The summed E-state index contributed by atoms with van der Waals surface area (Å²) in [5, 5.41) is 10.2. The van der Waals surface area contributed by atoms with Gasteiger partial charge in [0.2, 0.25) is 0 Å². The molecule has 1 aliphatic heterocycles. The average molecular weight is 248 g/mol. The van der Waals surface area contributed by atoms with Crippen LogP contribution >= 0.6 is 0 Å². The first-order chi connectivity index (χ1) is 8.19. The topological polar surface area (TPSA) is 57.2 Å². The Morgan fingerprint density at radius 1 is 1.06 bits per heavy atom. The summed E-state index contributed by atoms with van der Waals surface area (Å²) in [5.41, 5.74) is 0. The second-order valence-electron chi connectivity index (χ2n) is 4.35. The first-order valence-corrected chi connectivity index (χ1v) is 6.07. The molecule has 1 aliphatic rings. The lowest BCUT2D eigenvalue weighted by Gasteiger charge is -2.43. The Labute approximate surface area is 103 Å². The molecule has 17 heavy (non-hydrogen) atoms. The van der Waals surface area contributed by atoms with Crippen molar-refractivity contribution >= 4 is 0 Å². The molecule has 0 unspecified atom stereocenters. The van der Waals surface area contributed by atoms with Gasteiger partial charge in [-0.1, -0.05) is 13.3 Å². The maximum atomic E-state index is 10.2. The van der Waals surface area contributed by atoms with Crippen molar-refractivity contribution in [1.82, 2.24) is 0 Å². The molecule has 0 spiro atoms. The van der Waals surface area contributed by atoms with Gasteiger partial charge in [-0.25, -0.2) is 0 Å². The molecule has 5 atom stereocenters. The van der Waals surface area contributed by atoms with Crippen LogP contribution in [0.4, 0.5) is 0 Å². The fourth-order valence-corrected chi connectivity index (χ4v) is 2.38. The lowest BCUT2D eigenvalue weighted by atomic mass is 9.92. The zero-order valence-electron chi connectivity index (χ0n) is 11.1. The van der Waals surface area contributed by atoms with Gasteiger partial charge >= 0.3 is 0 Å². The van der Waals surface area contributed by atoms with Crippen LogP contribution in [0.1, 0.15) is 19.8 Å². The Kier molecular flexibility index (Phi) is 6.37. The molecular weight excluding hydrogens is 224 g/mol. The van der Waals surface area contributed by atoms with E-state index in [1.54, 1.807) is 21.3 Å². The van der Waals surface area contributed by atoms with E-state index in [9.17, 15) is 5.11 Å². The van der Waals surface area contributed by atoms with Crippen molar-refractivity contribution in [2.75, 3.05) is 27.9 Å². The number of hydrogen-bond acceptors (Lipinski definition) is 5. The van der Waals surface area contributed by atoms with Gasteiger partial charge in [0.15, 0.2) is 0 Å². The molecule has 102 valence electrons. The highest BCUT2D eigenvalue weighted by Gasteiger charge is 2.45. The fraction of sp³-hybridized carbons (Fsp3) is 1.00. The van der Waals surface area contributed by atoms with E-state index in [0.717, 1.165) is 12.8 Å². The first-order valence-electron chi connectivity index (χ1n) is 6.07. The van der Waals surface area contributed by atoms with Gasteiger partial charge in [-0.15, -0.1) is 0 Å². The van der Waals surface area contributed by atoms with Gasteiger partial charge in [0, 0.05) is 21.3 Å². The minimum atomic E-state index is -0.655. The van der Waals surface area contributed by atoms with E-state index < -0.39 is 6.10 Å². The first kappa shape index (κ1) is 14.9. The molecule has 5 nitrogen and oxygen atoms in total. The predicted octanol–water partition coefficient (Wildman–Crippen LogP) is 0.591. The predicted molar refractivity (Wildman–Crippen MR) is 63.0 cm³/mol. The van der Waals surface area contributed by atoms with E-state index in [4.69, 9.17) is 18.9 Å². The van der Waals surface area contributed by atoms with Crippen molar-refractivity contribution in [1.29, 1.82) is 0 Å². The smallest absolute Gasteiger partial charge is 0.114 e. The van der Waals surface area contributed by atoms with E-state index in [1.807, 2.05) is 0 Å². The lowest BCUT2D eigenvalue weighted by molar-refractivity contribution is -0.244. The average Bonchev–Trinajstić information content (AvgIpc) is 2.33. The zero-order chi connectivity index (χ0) is 12.8. The maximum Gasteiger partial charge on any atom is 0.114 e. The Morgan fingerprint density at radius 3 is 2.18 bits per heavy atom. The zero-order valence-corrected chi connectivity index (χ0v) is 11.1. The third kappa shape index (κ3) is 3.39. The molecule has 0 saturated carbocycles. The van der Waals surface area contributed by atoms with Crippen molar-refractivity contribution in [3.8, 4) is 0 Å². The SMILES string of the molecule is CCC[C@@H]1O[C@H](COC)[C@@H](OC)[C@H](OC)[C@H]1O. The monoisotopic (exact) mass is 248 g/mol. The van der Waals surface area contributed by atoms with Crippen LogP contribution in [-0.2, 0) is 18.9 Å². The van der Waals surface area contributed by atoms with Gasteiger partial charge in [0.1, 0.15) is 24.4 Å². The highest BCUT2D eigenvalue weighted by Crippen LogP contribution is 2.27. The Bertz CT molecular complexity index is 211. The number of ether oxygens (including phenoxy) is 4. The molecule has 1 saturated heterocycles. The maximum absolute atomic E-state index is 10.2. The number of aliphatic hydroxyl groups is 1. The van der Waals surface area contributed by atoms with Crippen molar-refractivity contribution in [2.45, 2.75) is 50.3 Å². The second-order valence-corrected chi connectivity index (χ2v) is 4.35. The standard InChI is InChI=1S/C12H24O5/c1-5-6-8-10(13)12(16-4)11(15-3)9(17-8)7-14-2/h8-13H,5-7H2,1-4H3/t8-,9+,10-,11+,12+/m0/s1. The van der Waals surface area contributed by atoms with E-state index in [0.29, 0.717) is 6.61 Å². The molecule has 0 aromatic heterocycles. The molecule has 0 aromatic rings. The van der Waals surface area contributed by atoms with Crippen LogP contribution in [-0.4, -0.2) is 63.6 Å². The highest BCUT2D eigenvalue weighted by atomic mass is 16.6. The normalized spacial score (nSPS) is 38.3. The largest absolute Gasteiger partial charge is 0.388 e. The van der Waals surface area contributed by atoms with Crippen LogP contribution < -0.4 is 0 Å². The lowest BCUT2D eigenvalue weighted by Crippen LogP contribution is -2.59. The number of rotatable bonds is 6. The minimum absolute atomic E-state index is 0.199. The highest BCUT2D eigenvalue weighted by molar-refractivity contribution is 4.93. The van der Waals surface area contributed by atoms with Crippen LogP contribution in [0, 0.1) is 0 Å². The van der Waals surface area contributed by atoms with E-state index >= 15 is 0 Å². The number of methoxy groups -OCH3 is 3. The second kappa shape index (κ2) is 7.28. The van der Waals surface area contributed by atoms with Gasteiger partial charge in [0.25, 0.3) is 0 Å². The molecule has 5 heteroatoms. The Balaban J connectivity index is 2.77. The summed E-state index contributed by atoms with van der Waals surface area (Å²) in [6, 6.07) is 0. The van der Waals surface area contributed by atoms with Crippen LogP contribution in [0.3, 0.4) is 0 Å². The van der Waals surface area contributed by atoms with Crippen molar-refractivity contribution < 1.29 is 24.1 Å².